The molecule has 2 aromatic carbocycles. The van der Waals surface area contributed by atoms with Crippen LogP contribution in [-0.4, -0.2) is 16.7 Å². The minimum absolute atomic E-state index is 0.0223. The summed E-state index contributed by atoms with van der Waals surface area (Å²) in [6, 6.07) is 13.0. The molecule has 2 aromatic heterocycles. The number of benzene rings is 2. The lowest BCUT2D eigenvalue weighted by Gasteiger charge is -2.22. The van der Waals surface area contributed by atoms with Gasteiger partial charge < -0.3 is 4.42 Å². The van der Waals surface area contributed by atoms with E-state index in [-0.39, 0.29) is 22.5 Å². The van der Waals surface area contributed by atoms with Crippen LogP contribution in [0.2, 0.25) is 5.02 Å². The van der Waals surface area contributed by atoms with Crippen molar-refractivity contribution in [2.45, 2.75) is 19.9 Å². The van der Waals surface area contributed by atoms with Crippen molar-refractivity contribution in [2.24, 2.45) is 0 Å². The summed E-state index contributed by atoms with van der Waals surface area (Å²) in [7, 11) is 0. The SMILES string of the molecule is CC(=O)c1sc(N2C(=O)c3oc4ccccc4c(=O)c3[C@@H]2c2cccc(Cl)c2)nc1C. The third kappa shape index (κ3) is 3.00. The van der Waals surface area contributed by atoms with Crippen LogP contribution in [0.25, 0.3) is 11.0 Å². The second kappa shape index (κ2) is 7.14. The van der Waals surface area contributed by atoms with E-state index < -0.39 is 11.9 Å². The molecule has 0 saturated carbocycles. The van der Waals surface area contributed by atoms with Crippen molar-refractivity contribution in [1.82, 2.24) is 4.98 Å². The maximum Gasteiger partial charge on any atom is 0.297 e. The number of amides is 1. The van der Waals surface area contributed by atoms with Crippen LogP contribution >= 0.6 is 22.9 Å². The molecule has 0 saturated heterocycles. The summed E-state index contributed by atoms with van der Waals surface area (Å²) in [6.45, 7) is 3.17. The quantitative estimate of drug-likeness (QED) is 0.402. The first-order valence-electron chi connectivity index (χ1n) is 9.50. The predicted octanol–water partition coefficient (Wildman–Crippen LogP) is 5.16. The van der Waals surface area contributed by atoms with Gasteiger partial charge in [0.1, 0.15) is 5.58 Å². The van der Waals surface area contributed by atoms with E-state index in [1.807, 2.05) is 0 Å². The summed E-state index contributed by atoms with van der Waals surface area (Å²) in [5, 5.41) is 1.19. The second-order valence-electron chi connectivity index (χ2n) is 7.27. The first kappa shape index (κ1) is 19.7. The van der Waals surface area contributed by atoms with Gasteiger partial charge in [0.2, 0.25) is 5.76 Å². The van der Waals surface area contributed by atoms with E-state index in [9.17, 15) is 14.4 Å². The second-order valence-corrected chi connectivity index (χ2v) is 8.68. The van der Waals surface area contributed by atoms with Gasteiger partial charge in [0, 0.05) is 11.9 Å². The van der Waals surface area contributed by atoms with Crippen LogP contribution in [0.3, 0.4) is 0 Å². The highest BCUT2D eigenvalue weighted by molar-refractivity contribution is 7.17. The van der Waals surface area contributed by atoms with E-state index in [4.69, 9.17) is 16.0 Å². The van der Waals surface area contributed by atoms with E-state index in [0.29, 0.717) is 37.3 Å². The Bertz CT molecular complexity index is 1460. The standard InChI is InChI=1S/C23H15ClN2O4S/c1-11-21(12(2)27)31-23(25-11)26-18(13-6-5-7-14(24)10-13)17-19(28)15-8-3-4-9-16(15)30-20(17)22(26)29/h3-10,18H,1-2H3/t18-/m0/s1. The number of anilines is 1. The molecule has 1 amide bonds. The summed E-state index contributed by atoms with van der Waals surface area (Å²) in [6.07, 6.45) is 0. The highest BCUT2D eigenvalue weighted by Crippen LogP contribution is 2.43. The Kier molecular flexibility index (Phi) is 4.53. The van der Waals surface area contributed by atoms with E-state index in [1.165, 1.54) is 11.8 Å². The number of carbonyl (C=O) groups excluding carboxylic acids is 2. The Hall–Kier alpha value is -3.29. The van der Waals surface area contributed by atoms with Crippen molar-refractivity contribution in [2.75, 3.05) is 4.90 Å². The van der Waals surface area contributed by atoms with Gasteiger partial charge in [0.25, 0.3) is 5.91 Å². The van der Waals surface area contributed by atoms with Gasteiger partial charge in [-0.05, 0) is 36.8 Å². The molecular formula is C23H15ClN2O4S. The van der Waals surface area contributed by atoms with Gasteiger partial charge >= 0.3 is 0 Å². The molecule has 0 spiro atoms. The number of aryl methyl sites for hydroxylation is 1. The van der Waals surface area contributed by atoms with Gasteiger partial charge in [-0.2, -0.15) is 0 Å². The van der Waals surface area contributed by atoms with Crippen LogP contribution < -0.4 is 10.3 Å². The van der Waals surface area contributed by atoms with Gasteiger partial charge in [-0.15, -0.1) is 0 Å². The monoisotopic (exact) mass is 450 g/mol. The number of carbonyl (C=O) groups is 2. The van der Waals surface area contributed by atoms with Crippen molar-refractivity contribution >= 4 is 50.7 Å². The molecule has 0 N–H and O–H groups in total. The molecular weight excluding hydrogens is 436 g/mol. The lowest BCUT2D eigenvalue weighted by atomic mass is 9.99. The number of thiazole rings is 1. The molecule has 0 aliphatic carbocycles. The van der Waals surface area contributed by atoms with Crippen LogP contribution in [0.5, 0.6) is 0 Å². The zero-order chi connectivity index (χ0) is 21.9. The Morgan fingerprint density at radius 3 is 2.65 bits per heavy atom. The number of para-hydroxylation sites is 1. The fourth-order valence-electron chi connectivity index (χ4n) is 3.92. The number of ketones is 1. The fraction of sp³-hybridized carbons (Fsp3) is 0.130. The highest BCUT2D eigenvalue weighted by Gasteiger charge is 2.45. The number of Topliss-reactive ketones (excluding diaryl/α,β-unsaturated/α-hetero) is 1. The molecule has 1 aliphatic rings. The number of aromatic nitrogens is 1. The van der Waals surface area contributed by atoms with Crippen molar-refractivity contribution < 1.29 is 14.0 Å². The molecule has 1 aliphatic heterocycles. The average molecular weight is 451 g/mol. The molecule has 5 rings (SSSR count). The number of hydrogen-bond donors (Lipinski definition) is 0. The van der Waals surface area contributed by atoms with Crippen LogP contribution in [0.1, 0.15) is 50.0 Å². The maximum absolute atomic E-state index is 13.5. The lowest BCUT2D eigenvalue weighted by Crippen LogP contribution is -2.29. The zero-order valence-corrected chi connectivity index (χ0v) is 18.1. The molecule has 154 valence electrons. The van der Waals surface area contributed by atoms with Crippen molar-refractivity contribution in [3.8, 4) is 0 Å². The third-order valence-electron chi connectivity index (χ3n) is 5.25. The lowest BCUT2D eigenvalue weighted by molar-refractivity contribution is 0.0969. The Labute approximate surface area is 185 Å². The van der Waals surface area contributed by atoms with Crippen LogP contribution in [-0.2, 0) is 0 Å². The largest absolute Gasteiger partial charge is 0.450 e. The smallest absolute Gasteiger partial charge is 0.297 e. The Morgan fingerprint density at radius 2 is 1.94 bits per heavy atom. The first-order valence-corrected chi connectivity index (χ1v) is 10.7. The van der Waals surface area contributed by atoms with E-state index >= 15 is 0 Å². The highest BCUT2D eigenvalue weighted by atomic mass is 35.5. The molecule has 3 heterocycles. The normalized spacial score (nSPS) is 15.5. The third-order valence-corrected chi connectivity index (χ3v) is 6.75. The van der Waals surface area contributed by atoms with Gasteiger partial charge in [0.15, 0.2) is 16.3 Å². The molecule has 31 heavy (non-hydrogen) atoms. The Balaban J connectivity index is 1.81. The number of halogens is 1. The maximum atomic E-state index is 13.5. The summed E-state index contributed by atoms with van der Waals surface area (Å²) < 4.78 is 5.90. The molecule has 8 heteroatoms. The molecule has 1 atom stereocenters. The topological polar surface area (TPSA) is 80.5 Å². The van der Waals surface area contributed by atoms with Crippen LogP contribution in [0, 0.1) is 6.92 Å². The van der Waals surface area contributed by atoms with Gasteiger partial charge in [-0.1, -0.05) is 47.2 Å². The number of nitrogens with zero attached hydrogens (tertiary/aromatic N) is 2. The predicted molar refractivity (Wildman–Crippen MR) is 119 cm³/mol. The van der Waals surface area contributed by atoms with Gasteiger partial charge in [0.05, 0.1) is 27.6 Å². The van der Waals surface area contributed by atoms with E-state index in [1.54, 1.807) is 55.5 Å². The molecule has 0 bridgehead atoms. The molecule has 0 unspecified atom stereocenters. The summed E-state index contributed by atoms with van der Waals surface area (Å²) in [5.41, 5.74) is 1.48. The van der Waals surface area contributed by atoms with Crippen molar-refractivity contribution in [3.05, 3.63) is 91.2 Å². The number of hydrogen-bond acceptors (Lipinski definition) is 6. The fourth-order valence-corrected chi connectivity index (χ4v) is 5.11. The van der Waals surface area contributed by atoms with Crippen LogP contribution in [0.4, 0.5) is 5.13 Å². The molecule has 0 fully saturated rings. The van der Waals surface area contributed by atoms with Gasteiger partial charge in [-0.3, -0.25) is 19.3 Å². The molecule has 6 nitrogen and oxygen atoms in total. The average Bonchev–Trinajstić information content (AvgIpc) is 3.26. The number of rotatable bonds is 3. The summed E-state index contributed by atoms with van der Waals surface area (Å²) in [4.78, 5) is 45.3. The Morgan fingerprint density at radius 1 is 1.16 bits per heavy atom. The molecule has 0 radical (unpaired) electrons. The zero-order valence-electron chi connectivity index (χ0n) is 16.5. The molecule has 4 aromatic rings. The summed E-state index contributed by atoms with van der Waals surface area (Å²) >= 11 is 7.34. The van der Waals surface area contributed by atoms with E-state index in [2.05, 4.69) is 4.98 Å². The van der Waals surface area contributed by atoms with Crippen molar-refractivity contribution in [1.29, 1.82) is 0 Å². The van der Waals surface area contributed by atoms with Gasteiger partial charge in [-0.25, -0.2) is 4.98 Å². The minimum Gasteiger partial charge on any atom is -0.450 e. The first-order chi connectivity index (χ1) is 14.9. The van der Waals surface area contributed by atoms with Crippen molar-refractivity contribution in [3.63, 3.8) is 0 Å². The van der Waals surface area contributed by atoms with E-state index in [0.717, 1.165) is 11.3 Å². The minimum atomic E-state index is -0.771. The summed E-state index contributed by atoms with van der Waals surface area (Å²) in [5.74, 6) is -0.637. The number of fused-ring (bicyclic) bond motifs is 2. The van der Waals surface area contributed by atoms with Crippen LogP contribution in [0.15, 0.2) is 57.7 Å².